The SMILES string of the molecule is C=C[C@H]1C[N@+]2(Cc3ccc(OC)cc3)CC[C@H]1C[C@@H]2[C@H](O)c1ccnc2ccc(OC)cc12. The highest BCUT2D eigenvalue weighted by Crippen LogP contribution is 2.48. The molecule has 5 heteroatoms. The summed E-state index contributed by atoms with van der Waals surface area (Å²) in [6, 6.07) is 16.4. The highest BCUT2D eigenvalue weighted by Gasteiger charge is 2.54. The minimum absolute atomic E-state index is 0.124. The van der Waals surface area contributed by atoms with Crippen LogP contribution in [-0.4, -0.2) is 47.9 Å². The summed E-state index contributed by atoms with van der Waals surface area (Å²) in [5.74, 6) is 2.73. The van der Waals surface area contributed by atoms with Crippen molar-refractivity contribution in [1.29, 1.82) is 0 Å². The number of aliphatic hydroxyl groups is 1. The second-order valence-electron chi connectivity index (χ2n) is 9.61. The molecule has 0 radical (unpaired) electrons. The number of hydrogen-bond donors (Lipinski definition) is 1. The van der Waals surface area contributed by atoms with Crippen molar-refractivity contribution in [2.75, 3.05) is 27.3 Å². The summed E-state index contributed by atoms with van der Waals surface area (Å²) in [7, 11) is 3.37. The topological polar surface area (TPSA) is 51.6 Å². The van der Waals surface area contributed by atoms with E-state index in [1.165, 1.54) is 12.0 Å². The molecular weight excluding hydrogens is 412 g/mol. The molecule has 3 aliphatic heterocycles. The molecule has 1 N–H and O–H groups in total. The lowest BCUT2D eigenvalue weighted by atomic mass is 9.71. The number of methoxy groups -OCH3 is 2. The highest BCUT2D eigenvalue weighted by molar-refractivity contribution is 5.83. The first kappa shape index (κ1) is 21.9. The second kappa shape index (κ2) is 8.81. The number of piperidine rings is 3. The number of nitrogens with zero attached hydrogens (tertiary/aromatic N) is 2. The first-order chi connectivity index (χ1) is 16.1. The number of quaternary nitrogens is 1. The quantitative estimate of drug-likeness (QED) is 0.415. The molecular formula is C28H33N2O3+. The lowest BCUT2D eigenvalue weighted by Crippen LogP contribution is -2.67. The number of aromatic nitrogens is 1. The molecule has 3 saturated heterocycles. The maximum absolute atomic E-state index is 11.9. The molecule has 3 aliphatic rings. The van der Waals surface area contributed by atoms with Gasteiger partial charge in [0, 0.05) is 35.9 Å². The van der Waals surface area contributed by atoms with Gasteiger partial charge in [-0.05, 0) is 60.0 Å². The molecule has 2 aromatic carbocycles. The summed E-state index contributed by atoms with van der Waals surface area (Å²) in [6.45, 7) is 7.14. The van der Waals surface area contributed by atoms with E-state index in [2.05, 4.69) is 29.8 Å². The van der Waals surface area contributed by atoms with Crippen LogP contribution in [-0.2, 0) is 6.54 Å². The van der Waals surface area contributed by atoms with Gasteiger partial charge in [-0.2, -0.15) is 0 Å². The number of aliphatic hydroxyl groups excluding tert-OH is 1. The van der Waals surface area contributed by atoms with Crippen LogP contribution >= 0.6 is 0 Å². The third kappa shape index (κ3) is 3.90. The Hall–Kier alpha value is -2.89. The summed E-state index contributed by atoms with van der Waals surface area (Å²) >= 11 is 0. The van der Waals surface area contributed by atoms with E-state index in [0.717, 1.165) is 58.5 Å². The zero-order valence-corrected chi connectivity index (χ0v) is 19.5. The summed E-state index contributed by atoms with van der Waals surface area (Å²) in [5, 5.41) is 12.9. The van der Waals surface area contributed by atoms with Crippen LogP contribution in [0.4, 0.5) is 0 Å². The number of hydrogen-bond acceptors (Lipinski definition) is 4. The Morgan fingerprint density at radius 3 is 2.61 bits per heavy atom. The van der Waals surface area contributed by atoms with E-state index in [4.69, 9.17) is 9.47 Å². The molecule has 0 amide bonds. The van der Waals surface area contributed by atoms with Crippen molar-refractivity contribution in [2.45, 2.75) is 31.5 Å². The van der Waals surface area contributed by atoms with Crippen LogP contribution in [0.5, 0.6) is 11.5 Å². The van der Waals surface area contributed by atoms with Crippen molar-refractivity contribution in [3.05, 3.63) is 78.5 Å². The monoisotopic (exact) mass is 445 g/mol. The molecule has 0 spiro atoms. The fourth-order valence-electron chi connectivity index (χ4n) is 6.21. The molecule has 3 fully saturated rings. The van der Waals surface area contributed by atoms with Gasteiger partial charge in [-0.15, -0.1) is 6.58 Å². The van der Waals surface area contributed by atoms with Crippen LogP contribution in [0.2, 0.25) is 0 Å². The van der Waals surface area contributed by atoms with Crippen molar-refractivity contribution >= 4 is 10.9 Å². The largest absolute Gasteiger partial charge is 0.497 e. The Labute approximate surface area is 195 Å². The zero-order valence-electron chi connectivity index (χ0n) is 19.5. The van der Waals surface area contributed by atoms with Crippen molar-refractivity contribution in [2.24, 2.45) is 11.8 Å². The summed E-state index contributed by atoms with van der Waals surface area (Å²) in [5.41, 5.74) is 3.10. The Morgan fingerprint density at radius 1 is 1.12 bits per heavy atom. The van der Waals surface area contributed by atoms with E-state index in [1.807, 2.05) is 42.6 Å². The molecule has 1 aromatic heterocycles. The number of pyridine rings is 1. The Kier molecular flexibility index (Phi) is 5.85. The van der Waals surface area contributed by atoms with Gasteiger partial charge in [-0.3, -0.25) is 4.98 Å². The van der Waals surface area contributed by atoms with E-state index < -0.39 is 6.10 Å². The van der Waals surface area contributed by atoms with Crippen LogP contribution < -0.4 is 9.47 Å². The molecule has 0 unspecified atom stereocenters. The van der Waals surface area contributed by atoms with E-state index >= 15 is 0 Å². The normalized spacial score (nSPS) is 27.3. The zero-order chi connectivity index (χ0) is 23.0. The van der Waals surface area contributed by atoms with Gasteiger partial charge in [-0.1, -0.05) is 6.08 Å². The van der Waals surface area contributed by atoms with E-state index in [1.54, 1.807) is 14.2 Å². The smallest absolute Gasteiger partial charge is 0.131 e. The fourth-order valence-corrected chi connectivity index (χ4v) is 6.21. The molecule has 6 rings (SSSR count). The van der Waals surface area contributed by atoms with Crippen molar-refractivity contribution < 1.29 is 19.1 Å². The molecule has 2 bridgehead atoms. The summed E-state index contributed by atoms with van der Waals surface area (Å²) in [4.78, 5) is 4.52. The standard InChI is InChI=1S/C28H33N2O3/c1-4-20-18-30(17-19-5-7-22(32-2)8-6-19)14-12-21(20)15-27(30)28(31)24-11-13-29-26-10-9-23(33-3)16-25(24)26/h4-11,13,16,20-21,27-28,31H,1,12,14-15,17-18H2,2-3H3/q+1/t20-,21-,27+,28+,30+/m0/s1. The Balaban J connectivity index is 1.54. The minimum Gasteiger partial charge on any atom is -0.497 e. The highest BCUT2D eigenvalue weighted by atomic mass is 16.5. The van der Waals surface area contributed by atoms with Crippen LogP contribution in [0.15, 0.2) is 67.4 Å². The van der Waals surface area contributed by atoms with Crippen molar-refractivity contribution in [3.8, 4) is 11.5 Å². The molecule has 5 nitrogen and oxygen atoms in total. The molecule has 3 aromatic rings. The van der Waals surface area contributed by atoms with Gasteiger partial charge in [0.15, 0.2) is 0 Å². The van der Waals surface area contributed by atoms with Gasteiger partial charge >= 0.3 is 0 Å². The molecule has 33 heavy (non-hydrogen) atoms. The average molecular weight is 446 g/mol. The lowest BCUT2D eigenvalue weighted by Gasteiger charge is -2.58. The molecule has 172 valence electrons. The molecule has 0 saturated carbocycles. The van der Waals surface area contributed by atoms with E-state index in [-0.39, 0.29) is 6.04 Å². The summed E-state index contributed by atoms with van der Waals surface area (Å²) < 4.78 is 11.7. The van der Waals surface area contributed by atoms with Gasteiger partial charge in [-0.25, -0.2) is 0 Å². The third-order valence-electron chi connectivity index (χ3n) is 8.00. The van der Waals surface area contributed by atoms with Gasteiger partial charge in [0.2, 0.25) is 0 Å². The minimum atomic E-state index is -0.575. The predicted molar refractivity (Wildman–Crippen MR) is 130 cm³/mol. The first-order valence-corrected chi connectivity index (χ1v) is 11.8. The molecule has 4 heterocycles. The Morgan fingerprint density at radius 2 is 1.88 bits per heavy atom. The third-order valence-corrected chi connectivity index (χ3v) is 8.00. The number of rotatable bonds is 7. The van der Waals surface area contributed by atoms with Gasteiger partial charge in [0.1, 0.15) is 30.2 Å². The van der Waals surface area contributed by atoms with Crippen LogP contribution in [0.25, 0.3) is 10.9 Å². The van der Waals surface area contributed by atoms with Crippen molar-refractivity contribution in [3.63, 3.8) is 0 Å². The number of ether oxygens (including phenoxy) is 2. The van der Waals surface area contributed by atoms with Crippen LogP contribution in [0, 0.1) is 11.8 Å². The Bertz CT molecular complexity index is 1150. The fraction of sp³-hybridized carbons (Fsp3) is 0.393. The van der Waals surface area contributed by atoms with Gasteiger partial charge in [0.25, 0.3) is 0 Å². The van der Waals surface area contributed by atoms with Gasteiger partial charge in [0.05, 0.1) is 32.8 Å². The van der Waals surface area contributed by atoms with Crippen LogP contribution in [0.1, 0.15) is 30.1 Å². The number of benzene rings is 2. The predicted octanol–water partition coefficient (Wildman–Crippen LogP) is 4.90. The number of fused-ring (bicyclic) bond motifs is 4. The lowest BCUT2D eigenvalue weighted by molar-refractivity contribution is -0.984. The van der Waals surface area contributed by atoms with Crippen molar-refractivity contribution in [1.82, 2.24) is 4.98 Å². The maximum Gasteiger partial charge on any atom is 0.131 e. The second-order valence-corrected chi connectivity index (χ2v) is 9.61. The van der Waals surface area contributed by atoms with E-state index in [9.17, 15) is 5.11 Å². The van der Waals surface area contributed by atoms with Gasteiger partial charge < -0.3 is 19.1 Å². The first-order valence-electron chi connectivity index (χ1n) is 11.8. The van der Waals surface area contributed by atoms with E-state index in [0.29, 0.717) is 11.8 Å². The molecule has 0 aliphatic carbocycles. The van der Waals surface area contributed by atoms with Crippen LogP contribution in [0.3, 0.4) is 0 Å². The summed E-state index contributed by atoms with van der Waals surface area (Å²) in [6.07, 6.45) is 5.56. The molecule has 5 atom stereocenters. The maximum atomic E-state index is 11.9. The average Bonchev–Trinajstić information content (AvgIpc) is 2.88.